The molecule has 9 heteroatoms. The summed E-state index contributed by atoms with van der Waals surface area (Å²) in [6.45, 7) is -0.342. The fourth-order valence-electron chi connectivity index (χ4n) is 4.05. The quantitative estimate of drug-likeness (QED) is 0.515. The van der Waals surface area contributed by atoms with Gasteiger partial charge in [0.25, 0.3) is 0 Å². The van der Waals surface area contributed by atoms with Gasteiger partial charge in [0.1, 0.15) is 23.9 Å². The zero-order valence-corrected chi connectivity index (χ0v) is 16.6. The van der Waals surface area contributed by atoms with Gasteiger partial charge in [-0.15, -0.1) is 11.3 Å². The van der Waals surface area contributed by atoms with Crippen molar-refractivity contribution in [2.75, 3.05) is 11.9 Å². The molecule has 5 rings (SSSR count). The fraction of sp³-hybridized carbons (Fsp3) is 0.238. The molecular formula is C21H17FN4O3S. The Morgan fingerprint density at radius 1 is 1.13 bits per heavy atom. The monoisotopic (exact) mass is 424 g/mol. The highest BCUT2D eigenvalue weighted by atomic mass is 32.1. The van der Waals surface area contributed by atoms with E-state index in [9.17, 15) is 18.8 Å². The summed E-state index contributed by atoms with van der Waals surface area (Å²) in [5, 5.41) is 4.63. The van der Waals surface area contributed by atoms with E-state index >= 15 is 0 Å². The number of fused-ring (bicyclic) bond motifs is 2. The maximum absolute atomic E-state index is 13.3. The molecule has 0 saturated carbocycles. The van der Waals surface area contributed by atoms with E-state index in [0.717, 1.165) is 4.90 Å². The lowest BCUT2D eigenvalue weighted by atomic mass is 9.85. The molecule has 0 spiro atoms. The maximum Gasteiger partial charge on any atom is 0.245 e. The third-order valence-electron chi connectivity index (χ3n) is 5.54. The second kappa shape index (κ2) is 7.17. The second-order valence-corrected chi connectivity index (χ2v) is 8.21. The zero-order chi connectivity index (χ0) is 20.8. The molecule has 3 aromatic rings. The van der Waals surface area contributed by atoms with E-state index in [2.05, 4.69) is 10.3 Å². The van der Waals surface area contributed by atoms with Crippen molar-refractivity contribution in [2.45, 2.75) is 12.8 Å². The summed E-state index contributed by atoms with van der Waals surface area (Å²) < 4.78 is 15.0. The number of likely N-dealkylation sites (tertiary alicyclic amines) is 1. The highest BCUT2D eigenvalue weighted by Gasteiger charge is 2.47. The number of aromatic nitrogens is 2. The standard InChI is InChI=1S/C21H17FN4O3S/c22-13-7-5-12(6-8-13)17-18(25-9-10-30-21(25)24-17)23-16(27)11-26-19(28)14-3-1-2-4-15(14)20(26)29/h1-2,5-10,14-15H,3-4,11H2,(H,23,27)/t14-,15-/m1/s1. The average Bonchev–Trinajstić information content (AvgIpc) is 3.40. The number of amides is 3. The first-order valence-electron chi connectivity index (χ1n) is 9.54. The molecule has 1 N–H and O–H groups in total. The van der Waals surface area contributed by atoms with Crippen molar-refractivity contribution in [3.05, 3.63) is 53.8 Å². The molecule has 0 bridgehead atoms. The number of carbonyl (C=O) groups excluding carboxylic acids is 3. The predicted octanol–water partition coefficient (Wildman–Crippen LogP) is 3.09. The topological polar surface area (TPSA) is 83.8 Å². The second-order valence-electron chi connectivity index (χ2n) is 7.34. The molecule has 3 amide bonds. The van der Waals surface area contributed by atoms with Crippen molar-refractivity contribution in [1.82, 2.24) is 14.3 Å². The van der Waals surface area contributed by atoms with Gasteiger partial charge in [-0.25, -0.2) is 9.37 Å². The van der Waals surface area contributed by atoms with Gasteiger partial charge in [0.05, 0.1) is 11.8 Å². The molecule has 0 radical (unpaired) electrons. The SMILES string of the molecule is O=C(CN1C(=O)[C@@H]2CC=CC[C@H]2C1=O)Nc1c(-c2ccc(F)cc2)nc2sccn12. The minimum Gasteiger partial charge on any atom is -0.308 e. The normalized spacial score (nSPS) is 20.8. The number of thiazole rings is 1. The van der Waals surface area contributed by atoms with Crippen LogP contribution >= 0.6 is 11.3 Å². The molecule has 1 aliphatic carbocycles. The minimum absolute atomic E-state index is 0.294. The Morgan fingerprint density at radius 2 is 1.80 bits per heavy atom. The molecule has 3 heterocycles. The summed E-state index contributed by atoms with van der Waals surface area (Å²) >= 11 is 1.40. The molecule has 2 aliphatic rings. The summed E-state index contributed by atoms with van der Waals surface area (Å²) in [5.41, 5.74) is 1.14. The molecule has 152 valence electrons. The van der Waals surface area contributed by atoms with E-state index in [1.54, 1.807) is 22.7 Å². The van der Waals surface area contributed by atoms with Gasteiger partial charge >= 0.3 is 0 Å². The molecule has 2 atom stereocenters. The summed E-state index contributed by atoms with van der Waals surface area (Å²) in [6, 6.07) is 5.82. The Balaban J connectivity index is 1.41. The van der Waals surface area contributed by atoms with E-state index in [0.29, 0.717) is 34.9 Å². The van der Waals surface area contributed by atoms with Gasteiger partial charge in [0.2, 0.25) is 17.7 Å². The lowest BCUT2D eigenvalue weighted by molar-refractivity contribution is -0.142. The van der Waals surface area contributed by atoms with E-state index < -0.39 is 5.91 Å². The molecule has 0 unspecified atom stereocenters. The van der Waals surface area contributed by atoms with Crippen LogP contribution in [0.1, 0.15) is 12.8 Å². The summed E-state index contributed by atoms with van der Waals surface area (Å²) in [7, 11) is 0. The Kier molecular flexibility index (Phi) is 4.47. The number of imide groups is 1. The Morgan fingerprint density at radius 3 is 2.47 bits per heavy atom. The van der Waals surface area contributed by atoms with E-state index in [4.69, 9.17) is 0 Å². The molecule has 1 fully saturated rings. The lowest BCUT2D eigenvalue weighted by Gasteiger charge is -2.14. The first-order chi connectivity index (χ1) is 14.5. The van der Waals surface area contributed by atoms with Gasteiger partial charge in [0, 0.05) is 17.1 Å². The number of nitrogens with one attached hydrogen (secondary N) is 1. The van der Waals surface area contributed by atoms with Gasteiger partial charge in [-0.1, -0.05) is 12.2 Å². The van der Waals surface area contributed by atoms with Gasteiger partial charge in [-0.05, 0) is 37.1 Å². The van der Waals surface area contributed by atoms with Crippen molar-refractivity contribution in [1.29, 1.82) is 0 Å². The van der Waals surface area contributed by atoms with Crippen LogP contribution in [0.3, 0.4) is 0 Å². The van der Waals surface area contributed by atoms with Crippen LogP contribution in [0.25, 0.3) is 16.2 Å². The molecule has 2 aromatic heterocycles. The smallest absolute Gasteiger partial charge is 0.245 e. The maximum atomic E-state index is 13.3. The van der Waals surface area contributed by atoms with Crippen LogP contribution in [0.2, 0.25) is 0 Å². The number of benzene rings is 1. The van der Waals surface area contributed by atoms with Crippen LogP contribution in [-0.4, -0.2) is 38.6 Å². The third-order valence-corrected chi connectivity index (χ3v) is 6.29. The Labute approximate surface area is 174 Å². The molecular weight excluding hydrogens is 407 g/mol. The number of allylic oxidation sites excluding steroid dienone is 2. The summed E-state index contributed by atoms with van der Waals surface area (Å²) in [5.74, 6) is -1.77. The van der Waals surface area contributed by atoms with Gasteiger partial charge in [-0.2, -0.15) is 0 Å². The zero-order valence-electron chi connectivity index (χ0n) is 15.7. The van der Waals surface area contributed by atoms with Crippen molar-refractivity contribution >= 4 is 39.8 Å². The number of rotatable bonds is 4. The van der Waals surface area contributed by atoms with E-state index in [1.807, 2.05) is 17.5 Å². The number of nitrogens with zero attached hydrogens (tertiary/aromatic N) is 3. The van der Waals surface area contributed by atoms with Crippen LogP contribution in [0.5, 0.6) is 0 Å². The number of anilines is 1. The van der Waals surface area contributed by atoms with Gasteiger partial charge in [0.15, 0.2) is 4.96 Å². The molecule has 1 aromatic carbocycles. The first kappa shape index (κ1) is 18.7. The summed E-state index contributed by atoms with van der Waals surface area (Å²) in [6.07, 6.45) is 6.64. The number of hydrogen-bond acceptors (Lipinski definition) is 5. The Hall–Kier alpha value is -3.33. The lowest BCUT2D eigenvalue weighted by Crippen LogP contribution is -2.38. The van der Waals surface area contributed by atoms with Crippen molar-refractivity contribution in [2.24, 2.45) is 11.8 Å². The highest BCUT2D eigenvalue weighted by molar-refractivity contribution is 7.15. The first-order valence-corrected chi connectivity index (χ1v) is 10.4. The number of hydrogen-bond donors (Lipinski definition) is 1. The number of imidazole rings is 1. The van der Waals surface area contributed by atoms with Crippen LogP contribution in [0.4, 0.5) is 10.2 Å². The van der Waals surface area contributed by atoms with Crippen LogP contribution in [0, 0.1) is 17.7 Å². The largest absolute Gasteiger partial charge is 0.308 e. The van der Waals surface area contributed by atoms with Crippen molar-refractivity contribution < 1.29 is 18.8 Å². The number of carbonyl (C=O) groups is 3. The fourth-order valence-corrected chi connectivity index (χ4v) is 4.77. The summed E-state index contributed by atoms with van der Waals surface area (Å²) in [4.78, 5) is 44.3. The molecule has 30 heavy (non-hydrogen) atoms. The van der Waals surface area contributed by atoms with Crippen molar-refractivity contribution in [3.63, 3.8) is 0 Å². The van der Waals surface area contributed by atoms with Crippen LogP contribution in [-0.2, 0) is 14.4 Å². The molecule has 1 aliphatic heterocycles. The highest BCUT2D eigenvalue weighted by Crippen LogP contribution is 2.35. The number of halogens is 1. The predicted molar refractivity (Wildman–Crippen MR) is 109 cm³/mol. The average molecular weight is 424 g/mol. The third kappa shape index (κ3) is 3.02. The van der Waals surface area contributed by atoms with Gasteiger partial charge in [-0.3, -0.25) is 23.7 Å². The van der Waals surface area contributed by atoms with E-state index in [-0.39, 0.29) is 36.0 Å². The van der Waals surface area contributed by atoms with Crippen LogP contribution in [0.15, 0.2) is 48.0 Å². The minimum atomic E-state index is -0.486. The molecule has 7 nitrogen and oxygen atoms in total. The molecule has 1 saturated heterocycles. The Bertz CT molecular complexity index is 1170. The van der Waals surface area contributed by atoms with E-state index in [1.165, 1.54) is 23.5 Å². The van der Waals surface area contributed by atoms with Crippen LogP contribution < -0.4 is 5.32 Å². The van der Waals surface area contributed by atoms with Gasteiger partial charge < -0.3 is 5.32 Å². The van der Waals surface area contributed by atoms with Crippen molar-refractivity contribution in [3.8, 4) is 11.3 Å².